The summed E-state index contributed by atoms with van der Waals surface area (Å²) in [6.45, 7) is 0.739. The molecule has 1 unspecified atom stereocenters. The molecule has 1 aliphatic heterocycles. The summed E-state index contributed by atoms with van der Waals surface area (Å²) >= 11 is 5.77. The minimum Gasteiger partial charge on any atom is -0.450 e. The van der Waals surface area contributed by atoms with Gasteiger partial charge in [-0.3, -0.25) is 4.79 Å². The predicted octanol–water partition coefficient (Wildman–Crippen LogP) is 2.14. The highest BCUT2D eigenvalue weighted by Gasteiger charge is 2.32. The van der Waals surface area contributed by atoms with Crippen LogP contribution in [0.15, 0.2) is 24.3 Å². The van der Waals surface area contributed by atoms with Crippen LogP contribution in [0.25, 0.3) is 0 Å². The lowest BCUT2D eigenvalue weighted by molar-refractivity contribution is -0.128. The van der Waals surface area contributed by atoms with Gasteiger partial charge in [0.05, 0.1) is 13.0 Å². The number of rotatable bonds is 3. The van der Waals surface area contributed by atoms with Crippen molar-refractivity contribution in [3.05, 3.63) is 34.9 Å². The van der Waals surface area contributed by atoms with E-state index in [1.54, 1.807) is 17.0 Å². The van der Waals surface area contributed by atoms with Crippen molar-refractivity contribution >= 4 is 23.7 Å². The van der Waals surface area contributed by atoms with Crippen molar-refractivity contribution in [3.8, 4) is 0 Å². The van der Waals surface area contributed by atoms with Gasteiger partial charge in [0.15, 0.2) is 0 Å². The van der Waals surface area contributed by atoms with E-state index in [2.05, 4.69) is 4.74 Å². The highest BCUT2D eigenvalue weighted by atomic mass is 35.5. The Kier molecular flexibility index (Phi) is 3.72. The van der Waals surface area contributed by atoms with Gasteiger partial charge >= 0.3 is 6.16 Å². The van der Waals surface area contributed by atoms with Crippen LogP contribution in [0.2, 0.25) is 5.02 Å². The summed E-state index contributed by atoms with van der Waals surface area (Å²) in [6.07, 6.45) is -1.80. The zero-order chi connectivity index (χ0) is 13.1. The van der Waals surface area contributed by atoms with Gasteiger partial charge in [0, 0.05) is 11.6 Å². The van der Waals surface area contributed by atoms with Crippen molar-refractivity contribution < 1.29 is 19.4 Å². The maximum absolute atomic E-state index is 11.7. The van der Waals surface area contributed by atoms with Gasteiger partial charge in [0.25, 0.3) is 0 Å². The first-order chi connectivity index (χ1) is 8.54. The fraction of sp³-hybridized carbons (Fsp3) is 0.333. The summed E-state index contributed by atoms with van der Waals surface area (Å²) in [5, 5.41) is 9.14. The number of ether oxygens (including phenoxy) is 1. The number of amides is 1. The van der Waals surface area contributed by atoms with Gasteiger partial charge in [0.1, 0.15) is 6.10 Å². The van der Waals surface area contributed by atoms with Gasteiger partial charge in [-0.05, 0) is 17.7 Å². The molecule has 1 N–H and O–H groups in total. The normalized spacial score (nSPS) is 19.1. The molecule has 0 spiro atoms. The van der Waals surface area contributed by atoms with E-state index in [9.17, 15) is 9.59 Å². The second-order valence-corrected chi connectivity index (χ2v) is 4.55. The number of carboxylic acid groups (broad SMARTS) is 1. The molecular formula is C12H12ClNO4. The molecule has 18 heavy (non-hydrogen) atoms. The average molecular weight is 270 g/mol. The van der Waals surface area contributed by atoms with Crippen molar-refractivity contribution in [2.75, 3.05) is 6.54 Å². The molecule has 6 heteroatoms. The highest BCUT2D eigenvalue weighted by Crippen LogP contribution is 2.18. The van der Waals surface area contributed by atoms with E-state index in [1.807, 2.05) is 12.1 Å². The van der Waals surface area contributed by atoms with Crippen LogP contribution < -0.4 is 0 Å². The Hall–Kier alpha value is -1.75. The van der Waals surface area contributed by atoms with Crippen LogP contribution in [0, 0.1) is 0 Å². The number of likely N-dealkylation sites (tertiary alicyclic amines) is 1. The Labute approximate surface area is 109 Å². The molecule has 1 aromatic carbocycles. The number of halogens is 1. The molecule has 0 aliphatic carbocycles. The molecule has 0 aromatic heterocycles. The zero-order valence-corrected chi connectivity index (χ0v) is 10.3. The molecule has 1 fully saturated rings. The maximum Gasteiger partial charge on any atom is 0.506 e. The summed E-state index contributed by atoms with van der Waals surface area (Å²) in [5.74, 6) is -0.101. The molecule has 1 amide bonds. The third kappa shape index (κ3) is 3.13. The largest absolute Gasteiger partial charge is 0.506 e. The Morgan fingerprint density at radius 3 is 2.72 bits per heavy atom. The first-order valence-corrected chi connectivity index (χ1v) is 5.84. The number of hydrogen-bond acceptors (Lipinski definition) is 3. The highest BCUT2D eigenvalue weighted by molar-refractivity contribution is 6.30. The van der Waals surface area contributed by atoms with Crippen LogP contribution in [-0.4, -0.2) is 34.7 Å². The topological polar surface area (TPSA) is 66.8 Å². The molecule has 1 aliphatic rings. The molecule has 2 rings (SSSR count). The minimum atomic E-state index is -1.35. The third-order valence-electron chi connectivity index (χ3n) is 2.73. The number of carbonyl (C=O) groups excluding carboxylic acids is 1. The van der Waals surface area contributed by atoms with E-state index in [-0.39, 0.29) is 12.3 Å². The summed E-state index contributed by atoms with van der Waals surface area (Å²) < 4.78 is 4.60. The zero-order valence-electron chi connectivity index (χ0n) is 9.51. The molecule has 1 atom stereocenters. The summed E-state index contributed by atoms with van der Waals surface area (Å²) in [7, 11) is 0. The van der Waals surface area contributed by atoms with E-state index in [1.165, 1.54) is 0 Å². The van der Waals surface area contributed by atoms with Gasteiger partial charge in [-0.1, -0.05) is 23.7 Å². The third-order valence-corrected chi connectivity index (χ3v) is 2.99. The van der Waals surface area contributed by atoms with Crippen LogP contribution in [0.5, 0.6) is 0 Å². The van der Waals surface area contributed by atoms with Gasteiger partial charge in [-0.25, -0.2) is 4.79 Å². The van der Waals surface area contributed by atoms with E-state index in [0.717, 1.165) is 5.56 Å². The molecule has 0 bridgehead atoms. The van der Waals surface area contributed by atoms with Gasteiger partial charge in [0.2, 0.25) is 5.91 Å². The lowest BCUT2D eigenvalue weighted by atomic mass is 10.2. The van der Waals surface area contributed by atoms with Crippen LogP contribution in [0.1, 0.15) is 12.0 Å². The Morgan fingerprint density at radius 2 is 2.11 bits per heavy atom. The quantitative estimate of drug-likeness (QED) is 0.854. The summed E-state index contributed by atoms with van der Waals surface area (Å²) in [6, 6.07) is 7.17. The monoisotopic (exact) mass is 269 g/mol. The second-order valence-electron chi connectivity index (χ2n) is 4.11. The lowest BCUT2D eigenvalue weighted by Crippen LogP contribution is -2.26. The first-order valence-electron chi connectivity index (χ1n) is 5.46. The molecule has 0 radical (unpaired) electrons. The molecule has 1 aromatic rings. The summed E-state index contributed by atoms with van der Waals surface area (Å²) in [4.78, 5) is 23.6. The second kappa shape index (κ2) is 5.27. The molecule has 1 heterocycles. The fourth-order valence-electron chi connectivity index (χ4n) is 1.92. The summed E-state index contributed by atoms with van der Waals surface area (Å²) in [5.41, 5.74) is 0.948. The van der Waals surface area contributed by atoms with Crippen molar-refractivity contribution in [2.24, 2.45) is 0 Å². The smallest absolute Gasteiger partial charge is 0.450 e. The standard InChI is InChI=1S/C12H12ClNO4/c13-9-3-1-8(2-4-9)6-14-7-10(5-11(14)15)18-12(16)17/h1-4,10H,5-7H2,(H,16,17). The van der Waals surface area contributed by atoms with E-state index in [0.29, 0.717) is 18.1 Å². The average Bonchev–Trinajstić information content (AvgIpc) is 2.61. The number of carbonyl (C=O) groups is 2. The van der Waals surface area contributed by atoms with Gasteiger partial charge in [-0.15, -0.1) is 0 Å². The molecule has 5 nitrogen and oxygen atoms in total. The maximum atomic E-state index is 11.7. The lowest BCUT2D eigenvalue weighted by Gasteiger charge is -2.16. The Bertz CT molecular complexity index is 460. The van der Waals surface area contributed by atoms with Crippen LogP contribution in [0.4, 0.5) is 4.79 Å². The number of hydrogen-bond donors (Lipinski definition) is 1. The van der Waals surface area contributed by atoms with Crippen molar-refractivity contribution in [1.29, 1.82) is 0 Å². The van der Waals surface area contributed by atoms with Crippen molar-refractivity contribution in [2.45, 2.75) is 19.1 Å². The van der Waals surface area contributed by atoms with E-state index in [4.69, 9.17) is 16.7 Å². The Balaban J connectivity index is 1.96. The molecular weight excluding hydrogens is 258 g/mol. The van der Waals surface area contributed by atoms with Crippen LogP contribution in [-0.2, 0) is 16.1 Å². The number of benzene rings is 1. The van der Waals surface area contributed by atoms with Gasteiger partial charge in [-0.2, -0.15) is 0 Å². The van der Waals surface area contributed by atoms with Crippen molar-refractivity contribution in [3.63, 3.8) is 0 Å². The predicted molar refractivity (Wildman–Crippen MR) is 64.4 cm³/mol. The Morgan fingerprint density at radius 1 is 1.44 bits per heavy atom. The first kappa shape index (κ1) is 12.7. The van der Waals surface area contributed by atoms with E-state index >= 15 is 0 Å². The fourth-order valence-corrected chi connectivity index (χ4v) is 2.05. The molecule has 96 valence electrons. The number of nitrogens with zero attached hydrogens (tertiary/aromatic N) is 1. The van der Waals surface area contributed by atoms with Crippen LogP contribution >= 0.6 is 11.6 Å². The van der Waals surface area contributed by atoms with Crippen LogP contribution in [0.3, 0.4) is 0 Å². The van der Waals surface area contributed by atoms with E-state index < -0.39 is 12.3 Å². The SMILES string of the molecule is O=C(O)OC1CC(=O)N(Cc2ccc(Cl)cc2)C1. The molecule has 1 saturated heterocycles. The van der Waals surface area contributed by atoms with Gasteiger partial charge < -0.3 is 14.7 Å². The van der Waals surface area contributed by atoms with Crippen molar-refractivity contribution in [1.82, 2.24) is 4.90 Å². The molecule has 0 saturated carbocycles. The minimum absolute atomic E-state index is 0.101.